The summed E-state index contributed by atoms with van der Waals surface area (Å²) in [6.07, 6.45) is 0. The average Bonchev–Trinajstić information content (AvgIpc) is 2.33. The first-order valence-corrected chi connectivity index (χ1v) is 6.59. The summed E-state index contributed by atoms with van der Waals surface area (Å²) in [4.78, 5) is 7.03. The van der Waals surface area contributed by atoms with E-state index in [1.807, 2.05) is 0 Å². The molecule has 0 bridgehead atoms. The second-order valence-electron chi connectivity index (χ2n) is 4.70. The van der Waals surface area contributed by atoms with Crippen LogP contribution in [0, 0.1) is 5.92 Å². The summed E-state index contributed by atoms with van der Waals surface area (Å²) in [6, 6.07) is 6.27. The molecule has 0 unspecified atom stereocenters. The number of nitrogens with zero attached hydrogens (tertiary/aromatic N) is 2. The van der Waals surface area contributed by atoms with Crippen LogP contribution in [0.4, 0.5) is 5.82 Å². The fourth-order valence-electron chi connectivity index (χ4n) is 1.82. The Morgan fingerprint density at radius 1 is 1.29 bits per heavy atom. The summed E-state index contributed by atoms with van der Waals surface area (Å²) in [7, 11) is 0. The molecule has 1 aromatic rings. The summed E-state index contributed by atoms with van der Waals surface area (Å²) in [5.41, 5.74) is 1.12. The summed E-state index contributed by atoms with van der Waals surface area (Å²) >= 11 is 0. The highest BCUT2D eigenvalue weighted by Gasteiger charge is 2.08. The predicted molar refractivity (Wildman–Crippen MR) is 74.3 cm³/mol. The van der Waals surface area contributed by atoms with Gasteiger partial charge in [0.05, 0.1) is 5.69 Å². The van der Waals surface area contributed by atoms with Crippen LogP contribution in [0.1, 0.15) is 33.4 Å². The molecule has 0 aliphatic rings. The van der Waals surface area contributed by atoms with Crippen molar-refractivity contribution < 1.29 is 0 Å². The van der Waals surface area contributed by atoms with Crippen LogP contribution in [-0.4, -0.2) is 24.6 Å². The normalized spacial score (nSPS) is 10.9. The van der Waals surface area contributed by atoms with E-state index in [4.69, 9.17) is 4.98 Å². The maximum Gasteiger partial charge on any atom is 0.128 e. The summed E-state index contributed by atoms with van der Waals surface area (Å²) < 4.78 is 0. The molecule has 96 valence electrons. The van der Waals surface area contributed by atoms with Gasteiger partial charge in [0.25, 0.3) is 0 Å². The van der Waals surface area contributed by atoms with E-state index in [0.717, 1.165) is 37.7 Å². The lowest BCUT2D eigenvalue weighted by atomic mass is 10.2. The van der Waals surface area contributed by atoms with Crippen LogP contribution < -0.4 is 10.2 Å². The smallest absolute Gasteiger partial charge is 0.128 e. The first kappa shape index (κ1) is 14.0. The van der Waals surface area contributed by atoms with Crippen molar-refractivity contribution in [2.75, 3.05) is 24.5 Å². The van der Waals surface area contributed by atoms with Gasteiger partial charge in [0.15, 0.2) is 0 Å². The van der Waals surface area contributed by atoms with Crippen molar-refractivity contribution in [3.63, 3.8) is 0 Å². The van der Waals surface area contributed by atoms with Gasteiger partial charge in [-0.1, -0.05) is 26.8 Å². The first-order valence-electron chi connectivity index (χ1n) is 6.59. The largest absolute Gasteiger partial charge is 0.357 e. The molecule has 1 N–H and O–H groups in total. The molecule has 1 aromatic heterocycles. The van der Waals surface area contributed by atoms with Crippen molar-refractivity contribution in [3.8, 4) is 0 Å². The van der Waals surface area contributed by atoms with E-state index in [0.29, 0.717) is 5.92 Å². The highest BCUT2D eigenvalue weighted by molar-refractivity contribution is 5.39. The van der Waals surface area contributed by atoms with Crippen LogP contribution in [-0.2, 0) is 6.54 Å². The molecule has 0 saturated carbocycles. The lowest BCUT2D eigenvalue weighted by molar-refractivity contribution is 0.612. The molecule has 3 nitrogen and oxygen atoms in total. The highest BCUT2D eigenvalue weighted by Crippen LogP contribution is 2.13. The molecule has 0 saturated heterocycles. The van der Waals surface area contributed by atoms with Gasteiger partial charge >= 0.3 is 0 Å². The molecule has 3 heteroatoms. The lowest BCUT2D eigenvalue weighted by Gasteiger charge is -2.24. The van der Waals surface area contributed by atoms with Crippen LogP contribution >= 0.6 is 0 Å². The third-order valence-electron chi connectivity index (χ3n) is 2.64. The number of aromatic nitrogens is 1. The zero-order valence-electron chi connectivity index (χ0n) is 11.5. The number of rotatable bonds is 7. The molecular weight excluding hydrogens is 210 g/mol. The van der Waals surface area contributed by atoms with Gasteiger partial charge in [-0.3, -0.25) is 0 Å². The fourth-order valence-corrected chi connectivity index (χ4v) is 1.82. The topological polar surface area (TPSA) is 28.2 Å². The van der Waals surface area contributed by atoms with E-state index in [9.17, 15) is 0 Å². The van der Waals surface area contributed by atoms with Gasteiger partial charge in [-0.2, -0.15) is 0 Å². The minimum atomic E-state index is 0.661. The Hall–Kier alpha value is -1.09. The molecule has 0 atom stereocenters. The average molecular weight is 235 g/mol. The van der Waals surface area contributed by atoms with Gasteiger partial charge in [-0.15, -0.1) is 0 Å². The summed E-state index contributed by atoms with van der Waals surface area (Å²) in [6.45, 7) is 12.7. The summed E-state index contributed by atoms with van der Waals surface area (Å²) in [5.74, 6) is 1.76. The third kappa shape index (κ3) is 4.73. The highest BCUT2D eigenvalue weighted by atomic mass is 15.2. The summed E-state index contributed by atoms with van der Waals surface area (Å²) in [5, 5.41) is 3.31. The van der Waals surface area contributed by atoms with Crippen LogP contribution in [0.25, 0.3) is 0 Å². The van der Waals surface area contributed by atoms with Gasteiger partial charge in [-0.25, -0.2) is 4.98 Å². The molecule has 0 radical (unpaired) electrons. The van der Waals surface area contributed by atoms with Gasteiger partial charge in [0.2, 0.25) is 0 Å². The van der Waals surface area contributed by atoms with Crippen molar-refractivity contribution in [1.29, 1.82) is 0 Å². The first-order chi connectivity index (χ1) is 8.17. The SMILES string of the molecule is CCNCc1cccc(N(CC)CC(C)C)n1. The second-order valence-corrected chi connectivity index (χ2v) is 4.70. The molecule has 1 heterocycles. The van der Waals surface area contributed by atoms with Crippen LogP contribution in [0.3, 0.4) is 0 Å². The zero-order valence-corrected chi connectivity index (χ0v) is 11.5. The van der Waals surface area contributed by atoms with E-state index < -0.39 is 0 Å². The van der Waals surface area contributed by atoms with Crippen LogP contribution in [0.5, 0.6) is 0 Å². The molecule has 0 aromatic carbocycles. The minimum Gasteiger partial charge on any atom is -0.357 e. The Labute approximate surface area is 105 Å². The maximum atomic E-state index is 4.70. The molecular formula is C14H25N3. The second kappa shape index (κ2) is 7.28. The number of anilines is 1. The van der Waals surface area contributed by atoms with E-state index in [1.165, 1.54) is 0 Å². The number of nitrogens with one attached hydrogen (secondary N) is 1. The molecule has 0 amide bonds. The number of hydrogen-bond donors (Lipinski definition) is 1. The molecule has 1 rings (SSSR count). The van der Waals surface area contributed by atoms with Gasteiger partial charge < -0.3 is 10.2 Å². The van der Waals surface area contributed by atoms with Gasteiger partial charge in [-0.05, 0) is 31.5 Å². The van der Waals surface area contributed by atoms with Crippen molar-refractivity contribution in [1.82, 2.24) is 10.3 Å². The fraction of sp³-hybridized carbons (Fsp3) is 0.643. The van der Waals surface area contributed by atoms with E-state index >= 15 is 0 Å². The van der Waals surface area contributed by atoms with Crippen LogP contribution in [0.2, 0.25) is 0 Å². The molecule has 0 fully saturated rings. The molecule has 0 aliphatic carbocycles. The Bertz CT molecular complexity index is 323. The predicted octanol–water partition coefficient (Wildman–Crippen LogP) is 2.67. The monoisotopic (exact) mass is 235 g/mol. The van der Waals surface area contributed by atoms with Crippen LogP contribution in [0.15, 0.2) is 18.2 Å². The quantitative estimate of drug-likeness (QED) is 0.787. The number of hydrogen-bond acceptors (Lipinski definition) is 3. The van der Waals surface area contributed by atoms with Gasteiger partial charge in [0, 0.05) is 19.6 Å². The number of pyridine rings is 1. The van der Waals surface area contributed by atoms with E-state index in [-0.39, 0.29) is 0 Å². The molecule has 17 heavy (non-hydrogen) atoms. The van der Waals surface area contributed by atoms with Crippen molar-refractivity contribution in [3.05, 3.63) is 23.9 Å². The Morgan fingerprint density at radius 2 is 2.06 bits per heavy atom. The standard InChI is InChI=1S/C14H25N3/c1-5-15-10-13-8-7-9-14(16-13)17(6-2)11-12(3)4/h7-9,12,15H,5-6,10-11H2,1-4H3. The van der Waals surface area contributed by atoms with Gasteiger partial charge in [0.1, 0.15) is 5.82 Å². The van der Waals surface area contributed by atoms with Crippen molar-refractivity contribution in [2.24, 2.45) is 5.92 Å². The molecule has 0 aliphatic heterocycles. The zero-order chi connectivity index (χ0) is 12.7. The minimum absolute atomic E-state index is 0.661. The third-order valence-corrected chi connectivity index (χ3v) is 2.64. The Balaban J connectivity index is 2.73. The van der Waals surface area contributed by atoms with E-state index in [2.05, 4.69) is 56.1 Å². The lowest BCUT2D eigenvalue weighted by Crippen LogP contribution is -2.28. The van der Waals surface area contributed by atoms with Crippen molar-refractivity contribution >= 4 is 5.82 Å². The van der Waals surface area contributed by atoms with E-state index in [1.54, 1.807) is 0 Å². The molecule has 0 spiro atoms. The maximum absolute atomic E-state index is 4.70. The Morgan fingerprint density at radius 3 is 2.65 bits per heavy atom. The van der Waals surface area contributed by atoms with Crippen molar-refractivity contribution in [2.45, 2.75) is 34.2 Å². The Kier molecular flexibility index (Phi) is 5.98.